The predicted octanol–water partition coefficient (Wildman–Crippen LogP) is 2.12. The third kappa shape index (κ3) is 3.28. The van der Waals surface area contributed by atoms with Crippen molar-refractivity contribution in [2.75, 3.05) is 13.2 Å². The van der Waals surface area contributed by atoms with Gasteiger partial charge in [-0.2, -0.15) is 0 Å². The summed E-state index contributed by atoms with van der Waals surface area (Å²) in [7, 11) is 0. The van der Waals surface area contributed by atoms with E-state index in [0.717, 1.165) is 17.7 Å². The van der Waals surface area contributed by atoms with Crippen LogP contribution in [0.1, 0.15) is 27.7 Å². The van der Waals surface area contributed by atoms with Gasteiger partial charge >= 0.3 is 0 Å². The van der Waals surface area contributed by atoms with Crippen molar-refractivity contribution in [3.8, 4) is 5.75 Å². The first-order chi connectivity index (χ1) is 10.7. The highest BCUT2D eigenvalue weighted by Crippen LogP contribution is 2.31. The van der Waals surface area contributed by atoms with E-state index in [0.29, 0.717) is 11.5 Å². The molecule has 0 spiro atoms. The summed E-state index contributed by atoms with van der Waals surface area (Å²) in [5.74, 6) is 0.380. The van der Waals surface area contributed by atoms with Crippen LogP contribution in [0.2, 0.25) is 0 Å². The van der Waals surface area contributed by atoms with E-state index >= 15 is 0 Å². The van der Waals surface area contributed by atoms with Crippen molar-refractivity contribution >= 4 is 23.2 Å². The first-order valence-electron chi connectivity index (χ1n) is 7.07. The Labute approximate surface area is 132 Å². The Kier molecular flexibility index (Phi) is 4.39. The molecule has 2 heterocycles. The number of hydrogen-bond donors (Lipinski definition) is 2. The largest absolute Gasteiger partial charge is 0.493 e. The highest BCUT2D eigenvalue weighted by Gasteiger charge is 2.22. The van der Waals surface area contributed by atoms with Crippen molar-refractivity contribution in [3.63, 3.8) is 0 Å². The summed E-state index contributed by atoms with van der Waals surface area (Å²) < 4.78 is 5.56. The van der Waals surface area contributed by atoms with E-state index in [9.17, 15) is 9.59 Å². The molecule has 2 amide bonds. The Bertz CT molecular complexity index is 670. The van der Waals surface area contributed by atoms with Crippen LogP contribution in [-0.4, -0.2) is 25.0 Å². The minimum Gasteiger partial charge on any atom is -0.493 e. The molecule has 114 valence electrons. The molecule has 1 aliphatic heterocycles. The third-order valence-corrected chi connectivity index (χ3v) is 4.32. The molecule has 1 aromatic carbocycles. The number of rotatable bonds is 4. The quantitative estimate of drug-likeness (QED) is 0.908. The smallest absolute Gasteiger partial charge is 0.261 e. The highest BCUT2D eigenvalue weighted by atomic mass is 32.1. The second-order valence-corrected chi connectivity index (χ2v) is 5.90. The standard InChI is InChI=1S/C16H16N2O3S/c19-15(10-17-16(20)14-6-3-9-22-14)18-12-7-8-21-13-5-2-1-4-11(12)13/h1-6,9,12H,7-8,10H2,(H,17,20)(H,18,19). The summed E-state index contributed by atoms with van der Waals surface area (Å²) >= 11 is 1.35. The molecule has 1 aliphatic rings. The second kappa shape index (κ2) is 6.62. The minimum absolute atomic E-state index is 0.0315. The van der Waals surface area contributed by atoms with Crippen LogP contribution in [0.15, 0.2) is 41.8 Å². The molecule has 0 fully saturated rings. The minimum atomic E-state index is -0.225. The average molecular weight is 316 g/mol. The van der Waals surface area contributed by atoms with Crippen molar-refractivity contribution in [2.45, 2.75) is 12.5 Å². The molecule has 2 aromatic rings. The lowest BCUT2D eigenvalue weighted by Crippen LogP contribution is -2.39. The lowest BCUT2D eigenvalue weighted by Gasteiger charge is -2.26. The van der Waals surface area contributed by atoms with Gasteiger partial charge in [0, 0.05) is 12.0 Å². The van der Waals surface area contributed by atoms with Gasteiger partial charge in [0.15, 0.2) is 0 Å². The predicted molar refractivity (Wildman–Crippen MR) is 84.1 cm³/mol. The zero-order valence-corrected chi connectivity index (χ0v) is 12.7. The number of carbonyl (C=O) groups is 2. The number of para-hydroxylation sites is 1. The van der Waals surface area contributed by atoms with Crippen LogP contribution in [-0.2, 0) is 4.79 Å². The van der Waals surface area contributed by atoms with Crippen molar-refractivity contribution < 1.29 is 14.3 Å². The van der Waals surface area contributed by atoms with Gasteiger partial charge < -0.3 is 15.4 Å². The monoisotopic (exact) mass is 316 g/mol. The van der Waals surface area contributed by atoms with Gasteiger partial charge in [0.05, 0.1) is 24.1 Å². The molecule has 0 aliphatic carbocycles. The maximum atomic E-state index is 12.0. The van der Waals surface area contributed by atoms with E-state index in [1.807, 2.05) is 29.6 Å². The summed E-state index contributed by atoms with van der Waals surface area (Å²) in [5.41, 5.74) is 0.978. The number of hydrogen-bond acceptors (Lipinski definition) is 4. The SMILES string of the molecule is O=C(CNC(=O)c1cccs1)NC1CCOc2ccccc21. The van der Waals surface area contributed by atoms with Gasteiger partial charge in [-0.3, -0.25) is 9.59 Å². The first kappa shape index (κ1) is 14.6. The van der Waals surface area contributed by atoms with E-state index in [-0.39, 0.29) is 24.4 Å². The van der Waals surface area contributed by atoms with Crippen LogP contribution in [0.4, 0.5) is 0 Å². The summed E-state index contributed by atoms with van der Waals surface area (Å²) in [5, 5.41) is 7.40. The molecule has 1 aromatic heterocycles. The lowest BCUT2D eigenvalue weighted by molar-refractivity contribution is -0.121. The molecule has 5 nitrogen and oxygen atoms in total. The summed E-state index contributed by atoms with van der Waals surface area (Å²) in [6, 6.07) is 11.1. The molecule has 0 radical (unpaired) electrons. The topological polar surface area (TPSA) is 67.4 Å². The average Bonchev–Trinajstić information content (AvgIpc) is 3.07. The van der Waals surface area contributed by atoms with Crippen LogP contribution in [0.3, 0.4) is 0 Å². The molecule has 0 saturated carbocycles. The van der Waals surface area contributed by atoms with Crippen LogP contribution >= 0.6 is 11.3 Å². The molecule has 0 saturated heterocycles. The fourth-order valence-electron chi connectivity index (χ4n) is 2.39. The van der Waals surface area contributed by atoms with Gasteiger partial charge in [0.25, 0.3) is 5.91 Å². The normalized spacial score (nSPS) is 16.3. The zero-order chi connectivity index (χ0) is 15.4. The number of thiophene rings is 1. The van der Waals surface area contributed by atoms with E-state index in [4.69, 9.17) is 4.74 Å². The van der Waals surface area contributed by atoms with Gasteiger partial charge in [-0.15, -0.1) is 11.3 Å². The van der Waals surface area contributed by atoms with Crippen molar-refractivity contribution in [1.82, 2.24) is 10.6 Å². The number of amides is 2. The van der Waals surface area contributed by atoms with Gasteiger partial charge in [0.1, 0.15) is 5.75 Å². The third-order valence-electron chi connectivity index (χ3n) is 3.45. The highest BCUT2D eigenvalue weighted by molar-refractivity contribution is 7.12. The van der Waals surface area contributed by atoms with Crippen molar-refractivity contribution in [3.05, 3.63) is 52.2 Å². The first-order valence-corrected chi connectivity index (χ1v) is 7.95. The molecule has 0 bridgehead atoms. The molecule has 1 atom stereocenters. The van der Waals surface area contributed by atoms with Gasteiger partial charge in [-0.25, -0.2) is 0 Å². The molecular weight excluding hydrogens is 300 g/mol. The number of fused-ring (bicyclic) bond motifs is 1. The molecular formula is C16H16N2O3S. The van der Waals surface area contributed by atoms with Gasteiger partial charge in [0.2, 0.25) is 5.91 Å². The molecule has 22 heavy (non-hydrogen) atoms. The van der Waals surface area contributed by atoms with Crippen LogP contribution in [0.5, 0.6) is 5.75 Å². The number of carbonyl (C=O) groups excluding carboxylic acids is 2. The zero-order valence-electron chi connectivity index (χ0n) is 11.9. The Morgan fingerprint density at radius 2 is 2.09 bits per heavy atom. The van der Waals surface area contributed by atoms with Gasteiger partial charge in [-0.05, 0) is 17.5 Å². The fourth-order valence-corrected chi connectivity index (χ4v) is 3.03. The summed E-state index contributed by atoms with van der Waals surface area (Å²) in [6.45, 7) is 0.541. The lowest BCUT2D eigenvalue weighted by atomic mass is 10.0. The Balaban J connectivity index is 1.55. The van der Waals surface area contributed by atoms with Crippen LogP contribution in [0, 0.1) is 0 Å². The maximum absolute atomic E-state index is 12.0. The second-order valence-electron chi connectivity index (χ2n) is 4.96. The van der Waals surface area contributed by atoms with E-state index < -0.39 is 0 Å². The molecule has 1 unspecified atom stereocenters. The number of nitrogens with one attached hydrogen (secondary N) is 2. The molecule has 2 N–H and O–H groups in total. The summed E-state index contributed by atoms with van der Waals surface area (Å²) in [4.78, 5) is 24.4. The Morgan fingerprint density at radius 3 is 2.91 bits per heavy atom. The van der Waals surface area contributed by atoms with E-state index in [1.54, 1.807) is 12.1 Å². The van der Waals surface area contributed by atoms with Crippen molar-refractivity contribution in [1.29, 1.82) is 0 Å². The van der Waals surface area contributed by atoms with Crippen LogP contribution < -0.4 is 15.4 Å². The van der Waals surface area contributed by atoms with Crippen molar-refractivity contribution in [2.24, 2.45) is 0 Å². The van der Waals surface area contributed by atoms with E-state index in [1.165, 1.54) is 11.3 Å². The Morgan fingerprint density at radius 1 is 1.23 bits per heavy atom. The van der Waals surface area contributed by atoms with Crippen LogP contribution in [0.25, 0.3) is 0 Å². The summed E-state index contributed by atoms with van der Waals surface area (Å²) in [6.07, 6.45) is 0.724. The Hall–Kier alpha value is -2.34. The van der Waals surface area contributed by atoms with E-state index in [2.05, 4.69) is 10.6 Å². The maximum Gasteiger partial charge on any atom is 0.261 e. The number of benzene rings is 1. The van der Waals surface area contributed by atoms with Gasteiger partial charge in [-0.1, -0.05) is 24.3 Å². The molecule has 6 heteroatoms. The fraction of sp³-hybridized carbons (Fsp3) is 0.250. The molecule has 3 rings (SSSR count). The number of ether oxygens (including phenoxy) is 1.